The fourth-order valence-corrected chi connectivity index (χ4v) is 4.56. The Labute approximate surface area is 187 Å². The summed E-state index contributed by atoms with van der Waals surface area (Å²) in [5, 5.41) is 10.3. The molecular weight excluding hydrogens is 428 g/mol. The van der Waals surface area contributed by atoms with E-state index in [1.807, 2.05) is 37.4 Å². The molecule has 1 aliphatic rings. The zero-order valence-corrected chi connectivity index (χ0v) is 18.1. The largest absolute Gasteiger partial charge is 0.477 e. The highest BCUT2D eigenvalue weighted by Gasteiger charge is 2.29. The number of anilines is 1. The minimum Gasteiger partial charge on any atom is -0.477 e. The zero-order valence-electron chi connectivity index (χ0n) is 17.3. The first-order valence-corrected chi connectivity index (χ1v) is 11.0. The molecule has 1 N–H and O–H groups in total. The molecule has 1 fully saturated rings. The molecule has 9 nitrogen and oxygen atoms in total. The van der Waals surface area contributed by atoms with Gasteiger partial charge < -0.3 is 10.0 Å². The Hall–Kier alpha value is -3.66. The molecule has 0 saturated carbocycles. The summed E-state index contributed by atoms with van der Waals surface area (Å²) >= 11 is 1.11. The number of carboxylic acids is 1. The van der Waals surface area contributed by atoms with Crippen molar-refractivity contribution in [2.75, 3.05) is 18.0 Å². The molecule has 0 amide bonds. The Bertz CT molecular complexity index is 1350. The second-order valence-corrected chi connectivity index (χ2v) is 8.66. The predicted molar refractivity (Wildman–Crippen MR) is 121 cm³/mol. The summed E-state index contributed by atoms with van der Waals surface area (Å²) in [4.78, 5) is 40.0. The molecule has 10 heteroatoms. The van der Waals surface area contributed by atoms with E-state index in [1.54, 1.807) is 4.57 Å². The highest BCUT2D eigenvalue weighted by atomic mass is 32.1. The highest BCUT2D eigenvalue weighted by Crippen LogP contribution is 2.29. The molecule has 5 rings (SSSR count). The summed E-state index contributed by atoms with van der Waals surface area (Å²) in [6.07, 6.45) is 6.49. The molecule has 162 valence electrons. The van der Waals surface area contributed by atoms with Crippen LogP contribution in [0.1, 0.15) is 28.0 Å². The molecule has 4 aromatic rings. The van der Waals surface area contributed by atoms with Gasteiger partial charge in [-0.2, -0.15) is 4.37 Å². The van der Waals surface area contributed by atoms with Gasteiger partial charge in [0, 0.05) is 42.7 Å². The predicted octanol–water partition coefficient (Wildman–Crippen LogP) is 2.71. The van der Waals surface area contributed by atoms with Gasteiger partial charge in [0.25, 0.3) is 0 Å². The van der Waals surface area contributed by atoms with Crippen LogP contribution in [0.4, 0.5) is 5.82 Å². The van der Waals surface area contributed by atoms with Gasteiger partial charge in [-0.05, 0) is 49.4 Å². The first-order valence-electron chi connectivity index (χ1n) is 10.2. The van der Waals surface area contributed by atoms with E-state index in [-0.39, 0.29) is 10.9 Å². The molecule has 0 radical (unpaired) electrons. The van der Waals surface area contributed by atoms with Crippen molar-refractivity contribution in [1.82, 2.24) is 23.9 Å². The number of carboxylic acid groups (broad SMARTS) is 1. The minimum absolute atomic E-state index is 0.288. The quantitative estimate of drug-likeness (QED) is 0.479. The lowest BCUT2D eigenvalue weighted by molar-refractivity contribution is 0.0695. The first kappa shape index (κ1) is 20.3. The number of rotatable bonds is 6. The summed E-state index contributed by atoms with van der Waals surface area (Å²) in [6, 6.07) is 7.82. The fourth-order valence-electron chi connectivity index (χ4n) is 4.05. The lowest BCUT2D eigenvalue weighted by atomic mass is 9.93. The average molecular weight is 449 g/mol. The number of hydrogen-bond donors (Lipinski definition) is 1. The van der Waals surface area contributed by atoms with Crippen molar-refractivity contribution in [3.8, 4) is 5.13 Å². The van der Waals surface area contributed by atoms with E-state index in [1.165, 1.54) is 12.5 Å². The van der Waals surface area contributed by atoms with E-state index >= 15 is 0 Å². The van der Waals surface area contributed by atoms with Gasteiger partial charge in [0.05, 0.1) is 5.39 Å². The smallest absolute Gasteiger partial charge is 0.341 e. The van der Waals surface area contributed by atoms with Gasteiger partial charge in [0.15, 0.2) is 5.65 Å². The highest BCUT2D eigenvalue weighted by molar-refractivity contribution is 7.08. The molecular formula is C22H20N6O3S. The van der Waals surface area contributed by atoms with E-state index < -0.39 is 11.4 Å². The molecule has 0 aliphatic carbocycles. The van der Waals surface area contributed by atoms with Crippen LogP contribution in [0.15, 0.2) is 47.8 Å². The Morgan fingerprint density at radius 2 is 2.12 bits per heavy atom. The third-order valence-electron chi connectivity index (χ3n) is 5.74. The molecule has 0 aromatic carbocycles. The van der Waals surface area contributed by atoms with Gasteiger partial charge in [-0.15, -0.1) is 0 Å². The molecule has 1 saturated heterocycles. The summed E-state index contributed by atoms with van der Waals surface area (Å²) < 4.78 is 5.55. The summed E-state index contributed by atoms with van der Waals surface area (Å²) in [7, 11) is 0. The van der Waals surface area contributed by atoms with E-state index in [0.717, 1.165) is 49.0 Å². The molecule has 4 aromatic heterocycles. The van der Waals surface area contributed by atoms with Crippen LogP contribution in [0.25, 0.3) is 16.2 Å². The van der Waals surface area contributed by atoms with Gasteiger partial charge in [-0.3, -0.25) is 14.3 Å². The van der Waals surface area contributed by atoms with Gasteiger partial charge >= 0.3 is 5.97 Å². The Balaban J connectivity index is 1.46. The van der Waals surface area contributed by atoms with Crippen molar-refractivity contribution in [2.24, 2.45) is 5.92 Å². The maximum absolute atomic E-state index is 12.9. The maximum Gasteiger partial charge on any atom is 0.341 e. The molecule has 32 heavy (non-hydrogen) atoms. The molecule has 5 heterocycles. The molecule has 1 aliphatic heterocycles. The average Bonchev–Trinajstić information content (AvgIpc) is 3.27. The number of aromatic carboxylic acids is 1. The van der Waals surface area contributed by atoms with Crippen LogP contribution in [0.5, 0.6) is 0 Å². The normalized spacial score (nSPS) is 14.0. The van der Waals surface area contributed by atoms with Crippen LogP contribution in [-0.4, -0.2) is 48.1 Å². The Morgan fingerprint density at radius 1 is 1.28 bits per heavy atom. The van der Waals surface area contributed by atoms with Crippen LogP contribution in [0, 0.1) is 12.8 Å². The van der Waals surface area contributed by atoms with E-state index in [2.05, 4.69) is 19.2 Å². The molecule has 0 spiro atoms. The summed E-state index contributed by atoms with van der Waals surface area (Å²) in [5.41, 5.74) is 1.32. The van der Waals surface area contributed by atoms with E-state index in [0.29, 0.717) is 22.3 Å². The number of pyridine rings is 3. The van der Waals surface area contributed by atoms with Crippen molar-refractivity contribution in [1.29, 1.82) is 0 Å². The monoisotopic (exact) mass is 448 g/mol. The van der Waals surface area contributed by atoms with Crippen LogP contribution < -0.4 is 10.3 Å². The number of fused-ring (bicyclic) bond motifs is 1. The lowest BCUT2D eigenvalue weighted by Crippen LogP contribution is -2.47. The second-order valence-electron chi connectivity index (χ2n) is 7.90. The third kappa shape index (κ3) is 3.62. The second kappa shape index (κ2) is 8.12. The third-order valence-corrected chi connectivity index (χ3v) is 6.41. The van der Waals surface area contributed by atoms with Crippen LogP contribution in [-0.2, 0) is 6.42 Å². The van der Waals surface area contributed by atoms with E-state index in [4.69, 9.17) is 4.98 Å². The standard InChI is InChI=1S/C22H20N6O3S/c1-13-8-17(27-9-14(10-27)5-6-15-4-2-3-7-23-15)26-20-18(13)19(29)16(21(30)31)11-28(20)22-24-12-25-32-22/h2-4,7-8,11-12,14H,5-6,9-10H2,1H3,(H,30,31). The van der Waals surface area contributed by atoms with E-state index in [9.17, 15) is 14.7 Å². The Morgan fingerprint density at radius 3 is 2.81 bits per heavy atom. The van der Waals surface area contributed by atoms with Crippen LogP contribution in [0.2, 0.25) is 0 Å². The SMILES string of the molecule is Cc1cc(N2CC(CCc3ccccn3)C2)nc2c1c(=O)c(C(=O)O)cn2-c1ncns1. The number of nitrogens with zero attached hydrogens (tertiary/aromatic N) is 6. The van der Waals surface area contributed by atoms with Gasteiger partial charge in [0.2, 0.25) is 10.6 Å². The van der Waals surface area contributed by atoms with Crippen molar-refractivity contribution in [3.63, 3.8) is 0 Å². The summed E-state index contributed by atoms with van der Waals surface area (Å²) in [6.45, 7) is 3.56. The van der Waals surface area contributed by atoms with Crippen molar-refractivity contribution in [2.45, 2.75) is 19.8 Å². The van der Waals surface area contributed by atoms with Crippen molar-refractivity contribution in [3.05, 3.63) is 70.0 Å². The minimum atomic E-state index is -1.28. The number of carbonyl (C=O) groups is 1. The molecule has 0 unspecified atom stereocenters. The van der Waals surface area contributed by atoms with Crippen molar-refractivity contribution >= 4 is 34.4 Å². The van der Waals surface area contributed by atoms with Crippen LogP contribution in [0.3, 0.4) is 0 Å². The number of aromatic nitrogens is 5. The topological polar surface area (TPSA) is 114 Å². The number of aryl methyl sites for hydroxylation is 2. The van der Waals surface area contributed by atoms with Gasteiger partial charge in [-0.25, -0.2) is 14.8 Å². The van der Waals surface area contributed by atoms with Gasteiger partial charge in [-0.1, -0.05) is 6.07 Å². The summed E-state index contributed by atoms with van der Waals surface area (Å²) in [5.74, 6) is 0.0384. The van der Waals surface area contributed by atoms with Gasteiger partial charge in [0.1, 0.15) is 17.7 Å². The maximum atomic E-state index is 12.9. The Kier molecular flexibility index (Phi) is 5.14. The first-order chi connectivity index (χ1) is 15.5. The molecule has 0 bridgehead atoms. The fraction of sp³-hybridized carbons (Fsp3) is 0.273. The zero-order chi connectivity index (χ0) is 22.2. The molecule has 0 atom stereocenters. The van der Waals surface area contributed by atoms with Crippen LogP contribution >= 0.6 is 11.5 Å². The lowest BCUT2D eigenvalue weighted by Gasteiger charge is -2.40. The van der Waals surface area contributed by atoms with Crippen molar-refractivity contribution < 1.29 is 9.90 Å². The number of hydrogen-bond acceptors (Lipinski definition) is 8.